The van der Waals surface area contributed by atoms with Crippen molar-refractivity contribution >= 4 is 11.9 Å². The van der Waals surface area contributed by atoms with Gasteiger partial charge in [0.2, 0.25) is 12.7 Å². The van der Waals surface area contributed by atoms with Gasteiger partial charge in [0.05, 0.1) is 31.6 Å². The number of rotatable bonds is 10. The average molecular weight is 470 g/mol. The molecule has 1 fully saturated rings. The van der Waals surface area contributed by atoms with Gasteiger partial charge in [-0.05, 0) is 55.7 Å². The van der Waals surface area contributed by atoms with Crippen LogP contribution in [-0.4, -0.2) is 57.0 Å². The first-order valence-corrected chi connectivity index (χ1v) is 11.7. The minimum absolute atomic E-state index is 0.116. The first-order valence-electron chi connectivity index (χ1n) is 11.7. The van der Waals surface area contributed by atoms with E-state index >= 15 is 0 Å². The van der Waals surface area contributed by atoms with E-state index in [9.17, 15) is 9.59 Å². The molecule has 0 aliphatic carbocycles. The number of carbonyl (C=O) groups is 2. The first-order chi connectivity index (χ1) is 16.6. The largest absolute Gasteiger partial charge is 0.497 e. The third-order valence-electron chi connectivity index (χ3n) is 6.25. The number of methoxy groups -OCH3 is 1. The molecule has 2 aliphatic rings. The highest BCUT2D eigenvalue weighted by Crippen LogP contribution is 2.49. The molecule has 2 aliphatic heterocycles. The van der Waals surface area contributed by atoms with E-state index in [0.29, 0.717) is 49.0 Å². The van der Waals surface area contributed by atoms with Gasteiger partial charge in [-0.2, -0.15) is 0 Å². The van der Waals surface area contributed by atoms with Crippen LogP contribution in [0.1, 0.15) is 43.4 Å². The molecular formula is C26H31NO7. The van der Waals surface area contributed by atoms with E-state index in [-0.39, 0.29) is 19.3 Å². The number of esters is 1. The van der Waals surface area contributed by atoms with Gasteiger partial charge >= 0.3 is 5.97 Å². The molecule has 0 saturated carbocycles. The zero-order chi connectivity index (χ0) is 24.1. The van der Waals surface area contributed by atoms with Crippen LogP contribution in [0.2, 0.25) is 0 Å². The van der Waals surface area contributed by atoms with Crippen molar-refractivity contribution in [2.24, 2.45) is 5.92 Å². The monoisotopic (exact) mass is 469 g/mol. The number of likely N-dealkylation sites (tertiary alicyclic amines) is 1. The standard InChI is InChI=1S/C26H31NO7/c1-4-31-14-6-13-27-24(17-7-10-19(30-3)11-8-17)23(26(29)32-5-2)22(25(27)28)18-9-12-20-21(15-18)34-16-33-20/h7-12,15,22-24H,4-6,13-14,16H2,1-3H3. The van der Waals surface area contributed by atoms with Gasteiger partial charge in [0.1, 0.15) is 5.75 Å². The zero-order valence-electron chi connectivity index (χ0n) is 19.8. The number of ether oxygens (including phenoxy) is 5. The summed E-state index contributed by atoms with van der Waals surface area (Å²) in [6, 6.07) is 12.4. The lowest BCUT2D eigenvalue weighted by Gasteiger charge is -2.28. The van der Waals surface area contributed by atoms with Crippen molar-refractivity contribution in [2.75, 3.05) is 40.3 Å². The lowest BCUT2D eigenvalue weighted by atomic mass is 9.82. The fourth-order valence-corrected chi connectivity index (χ4v) is 4.72. The highest BCUT2D eigenvalue weighted by molar-refractivity contribution is 5.94. The summed E-state index contributed by atoms with van der Waals surface area (Å²) in [4.78, 5) is 29.0. The first kappa shape index (κ1) is 23.9. The maximum Gasteiger partial charge on any atom is 0.312 e. The van der Waals surface area contributed by atoms with Gasteiger partial charge in [0.15, 0.2) is 11.5 Å². The number of hydrogen-bond donors (Lipinski definition) is 0. The van der Waals surface area contributed by atoms with Crippen molar-refractivity contribution < 1.29 is 33.3 Å². The predicted molar refractivity (Wildman–Crippen MR) is 124 cm³/mol. The van der Waals surface area contributed by atoms with Gasteiger partial charge in [0.25, 0.3) is 0 Å². The van der Waals surface area contributed by atoms with Gasteiger partial charge in [-0.25, -0.2) is 0 Å². The Balaban J connectivity index is 1.75. The molecular weight excluding hydrogens is 438 g/mol. The van der Waals surface area contributed by atoms with Crippen LogP contribution in [-0.2, 0) is 19.1 Å². The Hall–Kier alpha value is -3.26. The van der Waals surface area contributed by atoms with Crippen LogP contribution in [0.15, 0.2) is 42.5 Å². The van der Waals surface area contributed by atoms with Crippen LogP contribution in [0.5, 0.6) is 17.2 Å². The quantitative estimate of drug-likeness (QED) is 0.388. The third-order valence-corrected chi connectivity index (χ3v) is 6.25. The van der Waals surface area contributed by atoms with Crippen molar-refractivity contribution in [3.05, 3.63) is 53.6 Å². The molecule has 8 heteroatoms. The van der Waals surface area contributed by atoms with Crippen LogP contribution in [0.25, 0.3) is 0 Å². The molecule has 3 atom stereocenters. The van der Waals surface area contributed by atoms with Gasteiger partial charge in [0, 0.05) is 19.8 Å². The second-order valence-electron chi connectivity index (χ2n) is 8.17. The Morgan fingerprint density at radius 1 is 1.03 bits per heavy atom. The summed E-state index contributed by atoms with van der Waals surface area (Å²) in [6.07, 6.45) is 0.662. The molecule has 1 amide bonds. The summed E-state index contributed by atoms with van der Waals surface area (Å²) in [5.74, 6) is -0.0243. The second-order valence-corrected chi connectivity index (χ2v) is 8.17. The Morgan fingerprint density at radius 3 is 2.47 bits per heavy atom. The fraction of sp³-hybridized carbons (Fsp3) is 0.462. The minimum Gasteiger partial charge on any atom is -0.497 e. The molecule has 0 N–H and O–H groups in total. The van der Waals surface area contributed by atoms with Crippen LogP contribution in [0.4, 0.5) is 0 Å². The molecule has 1 saturated heterocycles. The minimum atomic E-state index is -0.715. The SMILES string of the molecule is CCOCCCN1C(=O)C(c2ccc3c(c2)OCO3)C(C(=O)OCC)C1c1ccc(OC)cc1. The Morgan fingerprint density at radius 2 is 1.76 bits per heavy atom. The highest BCUT2D eigenvalue weighted by atomic mass is 16.7. The topological polar surface area (TPSA) is 83.5 Å². The van der Waals surface area contributed by atoms with Gasteiger partial charge in [-0.15, -0.1) is 0 Å². The van der Waals surface area contributed by atoms with Crippen LogP contribution in [0.3, 0.4) is 0 Å². The molecule has 3 unspecified atom stereocenters. The van der Waals surface area contributed by atoms with Crippen molar-refractivity contribution in [1.82, 2.24) is 4.90 Å². The van der Waals surface area contributed by atoms with E-state index in [1.807, 2.05) is 37.3 Å². The van der Waals surface area contributed by atoms with Crippen molar-refractivity contribution in [3.63, 3.8) is 0 Å². The Labute approximate surface area is 199 Å². The summed E-state index contributed by atoms with van der Waals surface area (Å²) in [5.41, 5.74) is 1.56. The van der Waals surface area contributed by atoms with Crippen molar-refractivity contribution in [2.45, 2.75) is 32.2 Å². The average Bonchev–Trinajstić information content (AvgIpc) is 3.44. The Kier molecular flexibility index (Phi) is 7.57. The maximum atomic E-state index is 13.9. The smallest absolute Gasteiger partial charge is 0.312 e. The van der Waals surface area contributed by atoms with Crippen molar-refractivity contribution in [3.8, 4) is 17.2 Å². The molecule has 0 aromatic heterocycles. The van der Waals surface area contributed by atoms with Gasteiger partial charge in [-0.3, -0.25) is 9.59 Å². The number of hydrogen-bond acceptors (Lipinski definition) is 7. The molecule has 182 valence electrons. The van der Waals surface area contributed by atoms with E-state index in [2.05, 4.69) is 0 Å². The normalized spacial score (nSPS) is 21.1. The molecule has 2 aromatic rings. The van der Waals surface area contributed by atoms with E-state index in [1.165, 1.54) is 0 Å². The summed E-state index contributed by atoms with van der Waals surface area (Å²) < 4.78 is 27.3. The highest BCUT2D eigenvalue weighted by Gasteiger charge is 2.53. The molecule has 0 radical (unpaired) electrons. The van der Waals surface area contributed by atoms with E-state index in [0.717, 1.165) is 5.56 Å². The third kappa shape index (κ3) is 4.68. The number of fused-ring (bicyclic) bond motifs is 1. The predicted octanol–water partition coefficient (Wildman–Crippen LogP) is 3.70. The second kappa shape index (κ2) is 10.8. The van der Waals surface area contributed by atoms with Gasteiger partial charge in [-0.1, -0.05) is 18.2 Å². The number of amides is 1. The molecule has 0 bridgehead atoms. The van der Waals surface area contributed by atoms with E-state index < -0.39 is 23.8 Å². The van der Waals surface area contributed by atoms with Crippen molar-refractivity contribution in [1.29, 1.82) is 0 Å². The lowest BCUT2D eigenvalue weighted by Crippen LogP contribution is -2.32. The number of carbonyl (C=O) groups excluding carboxylic acids is 2. The molecule has 0 spiro atoms. The van der Waals surface area contributed by atoms with Gasteiger partial charge < -0.3 is 28.6 Å². The lowest BCUT2D eigenvalue weighted by molar-refractivity contribution is -0.149. The maximum absolute atomic E-state index is 13.9. The van der Waals surface area contributed by atoms with Crippen LogP contribution < -0.4 is 14.2 Å². The van der Waals surface area contributed by atoms with Crippen LogP contribution in [0, 0.1) is 5.92 Å². The molecule has 8 nitrogen and oxygen atoms in total. The molecule has 2 heterocycles. The van der Waals surface area contributed by atoms with E-state index in [1.54, 1.807) is 31.1 Å². The molecule has 34 heavy (non-hydrogen) atoms. The number of benzene rings is 2. The molecule has 2 aromatic carbocycles. The summed E-state index contributed by atoms with van der Waals surface area (Å²) in [7, 11) is 1.60. The summed E-state index contributed by atoms with van der Waals surface area (Å²) in [5, 5.41) is 0. The Bertz CT molecular complexity index is 1010. The summed E-state index contributed by atoms with van der Waals surface area (Å²) >= 11 is 0. The fourth-order valence-electron chi connectivity index (χ4n) is 4.72. The number of nitrogens with zero attached hydrogens (tertiary/aromatic N) is 1. The van der Waals surface area contributed by atoms with Crippen LogP contribution >= 0.6 is 0 Å². The summed E-state index contributed by atoms with van der Waals surface area (Å²) in [6.45, 7) is 5.69. The zero-order valence-corrected chi connectivity index (χ0v) is 19.8. The molecule has 4 rings (SSSR count). The van der Waals surface area contributed by atoms with E-state index in [4.69, 9.17) is 23.7 Å².